The van der Waals surface area contributed by atoms with Crippen LogP contribution in [0.4, 0.5) is 0 Å². The van der Waals surface area contributed by atoms with Gasteiger partial charge in [-0.15, -0.1) is 0 Å². The lowest BCUT2D eigenvalue weighted by Gasteiger charge is -2.03. The van der Waals surface area contributed by atoms with Crippen LogP contribution in [0, 0.1) is 0 Å². The number of nitrogens with one attached hydrogen (secondary N) is 1. The minimum atomic E-state index is -3.72. The van der Waals surface area contributed by atoms with E-state index in [4.69, 9.17) is 5.11 Å². The number of hydrogen-bond donors (Lipinski definition) is 2. The summed E-state index contributed by atoms with van der Waals surface area (Å²) in [7, 11) is -3.72. The van der Waals surface area contributed by atoms with Crippen LogP contribution >= 0.6 is 0 Å². The number of nitrogens with zero attached hydrogens (tertiary/aromatic N) is 4. The van der Waals surface area contributed by atoms with Crippen LogP contribution in [0.25, 0.3) is 0 Å². The molecule has 2 aromatic heterocycles. The van der Waals surface area contributed by atoms with Gasteiger partial charge >= 0.3 is 5.97 Å². The molecule has 0 aromatic carbocycles. The van der Waals surface area contributed by atoms with Gasteiger partial charge < -0.3 is 5.11 Å². The molecule has 112 valence electrons. The highest BCUT2D eigenvalue weighted by atomic mass is 32.2. The molecule has 0 aliphatic heterocycles. The molecule has 0 saturated carbocycles. The Morgan fingerprint density at radius 1 is 1.43 bits per heavy atom. The van der Waals surface area contributed by atoms with Gasteiger partial charge in [-0.05, 0) is 6.07 Å². The van der Waals surface area contributed by atoms with E-state index in [-0.39, 0.29) is 24.4 Å². The maximum atomic E-state index is 12.0. The molecule has 9 nitrogen and oxygen atoms in total. The highest BCUT2D eigenvalue weighted by Crippen LogP contribution is 2.08. The Hall–Kier alpha value is -2.33. The van der Waals surface area contributed by atoms with E-state index in [1.54, 1.807) is 6.07 Å². The van der Waals surface area contributed by atoms with Gasteiger partial charge in [0.15, 0.2) is 0 Å². The van der Waals surface area contributed by atoms with Crippen molar-refractivity contribution < 1.29 is 18.3 Å². The molecule has 0 aliphatic carbocycles. The monoisotopic (exact) mass is 311 g/mol. The van der Waals surface area contributed by atoms with Gasteiger partial charge in [-0.3, -0.25) is 9.48 Å². The molecule has 0 radical (unpaired) electrons. The topological polar surface area (TPSA) is 127 Å². The highest BCUT2D eigenvalue weighted by Gasteiger charge is 2.16. The van der Waals surface area contributed by atoms with E-state index in [2.05, 4.69) is 19.8 Å². The van der Waals surface area contributed by atoms with E-state index in [1.807, 2.05) is 0 Å². The number of carboxylic acids is 1. The Bertz CT molecular complexity index is 713. The second-order valence-corrected chi connectivity index (χ2v) is 5.88. The number of aliphatic carboxylic acids is 1. The first-order chi connectivity index (χ1) is 9.97. The van der Waals surface area contributed by atoms with Crippen LogP contribution in [0.1, 0.15) is 12.1 Å². The number of rotatable bonds is 7. The second-order valence-electron chi connectivity index (χ2n) is 4.11. The summed E-state index contributed by atoms with van der Waals surface area (Å²) in [6, 6.07) is 1.60. The van der Waals surface area contributed by atoms with Gasteiger partial charge in [0, 0.05) is 12.4 Å². The van der Waals surface area contributed by atoms with Crippen molar-refractivity contribution in [3.63, 3.8) is 0 Å². The number of aromatic nitrogens is 4. The van der Waals surface area contributed by atoms with Gasteiger partial charge in [0.05, 0.1) is 31.4 Å². The highest BCUT2D eigenvalue weighted by molar-refractivity contribution is 7.89. The Kier molecular flexibility index (Phi) is 4.60. The summed E-state index contributed by atoms with van der Waals surface area (Å²) in [5.74, 6) is -0.975. The summed E-state index contributed by atoms with van der Waals surface area (Å²) < 4.78 is 27.7. The number of hydrogen-bond acceptors (Lipinski definition) is 6. The average molecular weight is 311 g/mol. The predicted molar refractivity (Wildman–Crippen MR) is 70.5 cm³/mol. The SMILES string of the molecule is O=C(O)CCn1cc(S(=O)(=O)NCc2ccncn2)cn1. The molecule has 2 aromatic rings. The molecule has 0 unspecified atom stereocenters. The Morgan fingerprint density at radius 2 is 2.24 bits per heavy atom. The van der Waals surface area contributed by atoms with Crippen LogP contribution in [-0.4, -0.2) is 39.2 Å². The van der Waals surface area contributed by atoms with Gasteiger partial charge in [-0.1, -0.05) is 0 Å². The van der Waals surface area contributed by atoms with E-state index in [0.29, 0.717) is 5.69 Å². The van der Waals surface area contributed by atoms with E-state index < -0.39 is 16.0 Å². The van der Waals surface area contributed by atoms with Crippen LogP contribution in [0.3, 0.4) is 0 Å². The molecule has 0 atom stereocenters. The van der Waals surface area contributed by atoms with Crippen molar-refractivity contribution in [1.29, 1.82) is 0 Å². The van der Waals surface area contributed by atoms with Crippen LogP contribution in [0.15, 0.2) is 35.9 Å². The number of aryl methyl sites for hydroxylation is 1. The van der Waals surface area contributed by atoms with Gasteiger partial charge in [-0.25, -0.2) is 23.1 Å². The van der Waals surface area contributed by atoms with Crippen molar-refractivity contribution in [3.05, 3.63) is 36.7 Å². The van der Waals surface area contributed by atoms with Crippen molar-refractivity contribution in [2.24, 2.45) is 0 Å². The maximum Gasteiger partial charge on any atom is 0.305 e. The normalized spacial score (nSPS) is 11.4. The first-order valence-corrected chi connectivity index (χ1v) is 7.44. The van der Waals surface area contributed by atoms with Gasteiger partial charge in [0.2, 0.25) is 10.0 Å². The molecule has 0 bridgehead atoms. The first kappa shape index (κ1) is 15.1. The predicted octanol–water partition coefficient (Wildman–Crippen LogP) is -0.374. The van der Waals surface area contributed by atoms with Crippen molar-refractivity contribution in [2.75, 3.05) is 0 Å². The van der Waals surface area contributed by atoms with E-state index in [0.717, 1.165) is 0 Å². The fourth-order valence-electron chi connectivity index (χ4n) is 1.49. The van der Waals surface area contributed by atoms with Gasteiger partial charge in [-0.2, -0.15) is 5.10 Å². The summed E-state index contributed by atoms with van der Waals surface area (Å²) in [4.78, 5) is 18.1. The third kappa shape index (κ3) is 4.33. The van der Waals surface area contributed by atoms with Crippen molar-refractivity contribution in [2.45, 2.75) is 24.4 Å². The summed E-state index contributed by atoms with van der Waals surface area (Å²) in [6.45, 7) is 0.141. The van der Waals surface area contributed by atoms with Gasteiger partial charge in [0.25, 0.3) is 0 Å². The molecule has 0 amide bonds. The fourth-order valence-corrected chi connectivity index (χ4v) is 2.44. The van der Waals surface area contributed by atoms with Crippen LogP contribution in [-0.2, 0) is 27.9 Å². The van der Waals surface area contributed by atoms with E-state index >= 15 is 0 Å². The molecule has 10 heteroatoms. The van der Waals surface area contributed by atoms with Crippen LogP contribution < -0.4 is 4.72 Å². The van der Waals surface area contributed by atoms with Crippen LogP contribution in [0.2, 0.25) is 0 Å². The number of carboxylic acid groups (broad SMARTS) is 1. The fraction of sp³-hybridized carbons (Fsp3) is 0.273. The van der Waals surface area contributed by atoms with Crippen LogP contribution in [0.5, 0.6) is 0 Å². The lowest BCUT2D eigenvalue weighted by molar-refractivity contribution is -0.137. The van der Waals surface area contributed by atoms with Crippen molar-refractivity contribution >= 4 is 16.0 Å². The molecule has 0 aliphatic rings. The lowest BCUT2D eigenvalue weighted by atomic mass is 10.4. The summed E-state index contributed by atoms with van der Waals surface area (Å²) in [6.07, 6.45) is 5.17. The molecular weight excluding hydrogens is 298 g/mol. The summed E-state index contributed by atoms with van der Waals surface area (Å²) >= 11 is 0. The Morgan fingerprint density at radius 3 is 2.90 bits per heavy atom. The third-order valence-corrected chi connectivity index (χ3v) is 3.92. The zero-order valence-corrected chi connectivity index (χ0v) is 11.7. The molecular formula is C11H13N5O4S. The molecule has 2 heterocycles. The van der Waals surface area contributed by atoms with E-state index in [9.17, 15) is 13.2 Å². The molecule has 0 spiro atoms. The largest absolute Gasteiger partial charge is 0.481 e. The Labute approximate surface area is 120 Å². The molecule has 2 N–H and O–H groups in total. The molecule has 0 saturated heterocycles. The molecule has 2 rings (SSSR count). The molecule has 0 fully saturated rings. The zero-order chi connectivity index (χ0) is 15.3. The standard InChI is InChI=1S/C11H13N5O4S/c17-11(18)2-4-16-7-10(6-14-16)21(19,20)15-5-9-1-3-12-8-13-9/h1,3,6-8,15H,2,4-5H2,(H,17,18). The van der Waals surface area contributed by atoms with Gasteiger partial charge in [0.1, 0.15) is 11.2 Å². The number of sulfonamides is 1. The smallest absolute Gasteiger partial charge is 0.305 e. The minimum absolute atomic E-state index is 0.0260. The third-order valence-electron chi connectivity index (χ3n) is 2.56. The van der Waals surface area contributed by atoms with Crippen molar-refractivity contribution in [1.82, 2.24) is 24.5 Å². The maximum absolute atomic E-state index is 12.0. The molecule has 21 heavy (non-hydrogen) atoms. The summed E-state index contributed by atoms with van der Waals surface area (Å²) in [5.41, 5.74) is 0.534. The van der Waals surface area contributed by atoms with Crippen molar-refractivity contribution in [3.8, 4) is 0 Å². The minimum Gasteiger partial charge on any atom is -0.481 e. The zero-order valence-electron chi connectivity index (χ0n) is 10.9. The summed E-state index contributed by atoms with van der Waals surface area (Å²) in [5, 5.41) is 12.4. The average Bonchev–Trinajstić information content (AvgIpc) is 2.94. The second kappa shape index (κ2) is 6.41. The van der Waals surface area contributed by atoms with E-state index in [1.165, 1.54) is 29.6 Å². The quantitative estimate of drug-likeness (QED) is 0.714. The number of carbonyl (C=O) groups is 1. The lowest BCUT2D eigenvalue weighted by Crippen LogP contribution is -2.23. The first-order valence-electron chi connectivity index (χ1n) is 5.96. The Balaban J connectivity index is 2.01.